The number of hydrogen-bond acceptors (Lipinski definition) is 4. The van der Waals surface area contributed by atoms with Crippen molar-refractivity contribution in [1.82, 2.24) is 4.98 Å². The number of alkyl halides is 3. The summed E-state index contributed by atoms with van der Waals surface area (Å²) in [6.45, 7) is 0. The van der Waals surface area contributed by atoms with Crippen LogP contribution in [0.1, 0.15) is 10.4 Å². The van der Waals surface area contributed by atoms with Gasteiger partial charge in [-0.25, -0.2) is 4.98 Å². The quantitative estimate of drug-likeness (QED) is 0.575. The third-order valence-electron chi connectivity index (χ3n) is 3.49. The Hall–Kier alpha value is -3.26. The van der Waals surface area contributed by atoms with Gasteiger partial charge in [0.1, 0.15) is 11.6 Å². The number of ether oxygens (including phenoxy) is 1. The maximum Gasteiger partial charge on any atom is 0.573 e. The molecule has 0 saturated heterocycles. The van der Waals surface area contributed by atoms with E-state index in [4.69, 9.17) is 11.6 Å². The zero-order chi connectivity index (χ0) is 20.1. The topological polar surface area (TPSA) is 63.2 Å². The Morgan fingerprint density at radius 3 is 2.43 bits per heavy atom. The van der Waals surface area contributed by atoms with E-state index in [9.17, 15) is 18.0 Å². The molecule has 9 heteroatoms. The zero-order valence-electron chi connectivity index (χ0n) is 14.1. The average Bonchev–Trinajstić information content (AvgIpc) is 2.62. The molecule has 28 heavy (non-hydrogen) atoms. The first kappa shape index (κ1) is 19.5. The summed E-state index contributed by atoms with van der Waals surface area (Å²) < 4.78 is 40.5. The lowest BCUT2D eigenvalue weighted by Crippen LogP contribution is -2.17. The summed E-state index contributed by atoms with van der Waals surface area (Å²) in [6.07, 6.45) is -3.28. The number of aromatic nitrogens is 1. The van der Waals surface area contributed by atoms with Gasteiger partial charge in [-0.1, -0.05) is 17.7 Å². The Morgan fingerprint density at radius 1 is 1.00 bits per heavy atom. The number of carbonyl (C=O) groups excluding carboxylic acids is 1. The van der Waals surface area contributed by atoms with Crippen LogP contribution in [0, 0.1) is 0 Å². The molecule has 3 aromatic rings. The van der Waals surface area contributed by atoms with Crippen molar-refractivity contribution in [2.75, 3.05) is 10.6 Å². The number of carbonyl (C=O) groups is 1. The molecule has 1 heterocycles. The molecule has 2 aromatic carbocycles. The van der Waals surface area contributed by atoms with Crippen molar-refractivity contribution < 1.29 is 22.7 Å². The van der Waals surface area contributed by atoms with Crippen molar-refractivity contribution in [1.29, 1.82) is 0 Å². The summed E-state index contributed by atoms with van der Waals surface area (Å²) in [5.41, 5.74) is 1.20. The second kappa shape index (κ2) is 8.18. The highest BCUT2D eigenvalue weighted by molar-refractivity contribution is 6.31. The molecule has 0 bridgehead atoms. The van der Waals surface area contributed by atoms with Crippen molar-refractivity contribution in [2.24, 2.45) is 0 Å². The molecule has 0 spiro atoms. The molecule has 2 N–H and O–H groups in total. The summed E-state index contributed by atoms with van der Waals surface area (Å²) in [6, 6.07) is 14.9. The minimum Gasteiger partial charge on any atom is -0.406 e. The van der Waals surface area contributed by atoms with E-state index in [-0.39, 0.29) is 17.1 Å². The normalized spacial score (nSPS) is 11.0. The summed E-state index contributed by atoms with van der Waals surface area (Å²) in [5, 5.41) is 6.09. The van der Waals surface area contributed by atoms with Crippen LogP contribution < -0.4 is 15.4 Å². The van der Waals surface area contributed by atoms with Crippen molar-refractivity contribution in [3.8, 4) is 5.75 Å². The van der Waals surface area contributed by atoms with Gasteiger partial charge in [-0.15, -0.1) is 13.2 Å². The SMILES string of the molecule is O=C(Nc1cccc(Cl)c1)c1cccnc1Nc1ccc(OC(F)(F)F)cc1. The maximum atomic E-state index is 12.6. The van der Waals surface area contributed by atoms with Crippen LogP contribution in [0.4, 0.5) is 30.4 Å². The number of halogens is 4. The van der Waals surface area contributed by atoms with Gasteiger partial charge in [-0.3, -0.25) is 4.79 Å². The van der Waals surface area contributed by atoms with Gasteiger partial charge in [-0.2, -0.15) is 0 Å². The van der Waals surface area contributed by atoms with Gasteiger partial charge in [0.25, 0.3) is 5.91 Å². The maximum absolute atomic E-state index is 12.6. The van der Waals surface area contributed by atoms with E-state index in [2.05, 4.69) is 20.4 Å². The Labute approximate surface area is 163 Å². The smallest absolute Gasteiger partial charge is 0.406 e. The monoisotopic (exact) mass is 407 g/mol. The van der Waals surface area contributed by atoms with Gasteiger partial charge in [0.05, 0.1) is 5.56 Å². The fourth-order valence-electron chi connectivity index (χ4n) is 2.33. The zero-order valence-corrected chi connectivity index (χ0v) is 14.9. The van der Waals surface area contributed by atoms with Crippen LogP contribution in [0.25, 0.3) is 0 Å². The molecule has 1 amide bonds. The van der Waals surface area contributed by atoms with Crippen molar-refractivity contribution in [2.45, 2.75) is 6.36 Å². The van der Waals surface area contributed by atoms with Gasteiger partial charge >= 0.3 is 6.36 Å². The van der Waals surface area contributed by atoms with Crippen molar-refractivity contribution >= 4 is 34.7 Å². The Bertz CT molecular complexity index is 979. The number of nitrogens with one attached hydrogen (secondary N) is 2. The van der Waals surface area contributed by atoms with E-state index in [0.717, 1.165) is 12.1 Å². The van der Waals surface area contributed by atoms with E-state index < -0.39 is 12.3 Å². The Morgan fingerprint density at radius 2 is 1.75 bits per heavy atom. The van der Waals surface area contributed by atoms with Crippen LogP contribution in [0.5, 0.6) is 5.75 Å². The highest BCUT2D eigenvalue weighted by Gasteiger charge is 2.30. The van der Waals surface area contributed by atoms with Gasteiger partial charge in [0.2, 0.25) is 0 Å². The van der Waals surface area contributed by atoms with Crippen LogP contribution in [0.3, 0.4) is 0 Å². The van der Waals surface area contributed by atoms with Gasteiger partial charge in [0.15, 0.2) is 0 Å². The third-order valence-corrected chi connectivity index (χ3v) is 3.72. The van der Waals surface area contributed by atoms with Crippen LogP contribution in [-0.2, 0) is 0 Å². The lowest BCUT2D eigenvalue weighted by Gasteiger charge is -2.12. The third kappa shape index (κ3) is 5.37. The second-order valence-electron chi connectivity index (χ2n) is 5.56. The first-order chi connectivity index (χ1) is 13.3. The van der Waals surface area contributed by atoms with Crippen LogP contribution in [-0.4, -0.2) is 17.3 Å². The molecular weight excluding hydrogens is 395 g/mol. The molecule has 0 unspecified atom stereocenters. The molecular formula is C19H13ClF3N3O2. The molecule has 0 atom stereocenters. The molecule has 3 rings (SSSR count). The lowest BCUT2D eigenvalue weighted by molar-refractivity contribution is -0.274. The molecule has 5 nitrogen and oxygen atoms in total. The fourth-order valence-corrected chi connectivity index (χ4v) is 2.52. The van der Waals surface area contributed by atoms with Gasteiger partial charge < -0.3 is 15.4 Å². The van der Waals surface area contributed by atoms with E-state index in [1.807, 2.05) is 0 Å². The van der Waals surface area contributed by atoms with Crippen LogP contribution >= 0.6 is 11.6 Å². The predicted molar refractivity (Wildman–Crippen MR) is 100 cm³/mol. The van der Waals surface area contributed by atoms with Gasteiger partial charge in [0, 0.05) is 22.6 Å². The molecule has 1 aromatic heterocycles. The first-order valence-electron chi connectivity index (χ1n) is 7.95. The van der Waals surface area contributed by atoms with Crippen molar-refractivity contribution in [3.05, 3.63) is 77.4 Å². The second-order valence-corrected chi connectivity index (χ2v) is 6.00. The van der Waals surface area contributed by atoms with E-state index in [1.54, 1.807) is 36.4 Å². The lowest BCUT2D eigenvalue weighted by atomic mass is 10.2. The number of amides is 1. The largest absolute Gasteiger partial charge is 0.573 e. The predicted octanol–water partition coefficient (Wildman–Crippen LogP) is 5.63. The molecule has 0 aliphatic heterocycles. The van der Waals surface area contributed by atoms with Crippen LogP contribution in [0.2, 0.25) is 5.02 Å². The Kier molecular flexibility index (Phi) is 5.70. The van der Waals surface area contributed by atoms with E-state index in [1.165, 1.54) is 18.3 Å². The Balaban J connectivity index is 1.76. The number of nitrogens with zero attached hydrogens (tertiary/aromatic N) is 1. The molecule has 144 valence electrons. The minimum atomic E-state index is -4.76. The van der Waals surface area contributed by atoms with Crippen molar-refractivity contribution in [3.63, 3.8) is 0 Å². The highest BCUT2D eigenvalue weighted by atomic mass is 35.5. The molecule has 0 aliphatic rings. The summed E-state index contributed by atoms with van der Waals surface area (Å²) in [5.74, 6) is -0.528. The standard InChI is InChI=1S/C19H13ClF3N3O2/c20-12-3-1-4-14(11-12)26-18(27)16-5-2-10-24-17(16)25-13-6-8-15(9-7-13)28-19(21,22)23/h1-11H,(H,24,25)(H,26,27). The molecule has 0 fully saturated rings. The average molecular weight is 408 g/mol. The highest BCUT2D eigenvalue weighted by Crippen LogP contribution is 2.26. The number of pyridine rings is 1. The molecule has 0 aliphatic carbocycles. The van der Waals surface area contributed by atoms with E-state index in [0.29, 0.717) is 16.4 Å². The number of benzene rings is 2. The van der Waals surface area contributed by atoms with E-state index >= 15 is 0 Å². The number of anilines is 3. The summed E-state index contributed by atoms with van der Waals surface area (Å²) in [4.78, 5) is 16.7. The van der Waals surface area contributed by atoms with Crippen LogP contribution in [0.15, 0.2) is 66.9 Å². The minimum absolute atomic E-state index is 0.242. The molecule has 0 saturated carbocycles. The number of rotatable bonds is 5. The number of hydrogen-bond donors (Lipinski definition) is 2. The summed E-state index contributed by atoms with van der Waals surface area (Å²) in [7, 11) is 0. The van der Waals surface area contributed by atoms with Gasteiger partial charge in [-0.05, 0) is 54.6 Å². The fraction of sp³-hybridized carbons (Fsp3) is 0.0526. The molecule has 0 radical (unpaired) electrons. The summed E-state index contributed by atoms with van der Waals surface area (Å²) >= 11 is 5.91. The first-order valence-corrected chi connectivity index (χ1v) is 8.33.